The number of aromatic nitrogens is 1. The van der Waals surface area contributed by atoms with E-state index in [1.54, 1.807) is 0 Å². The maximum atomic E-state index is 5.86. The molecule has 0 bridgehead atoms. The Morgan fingerprint density at radius 2 is 2.26 bits per heavy atom. The van der Waals surface area contributed by atoms with E-state index in [1.807, 2.05) is 7.05 Å². The van der Waals surface area contributed by atoms with Crippen molar-refractivity contribution in [1.29, 1.82) is 0 Å². The molecule has 2 atom stereocenters. The summed E-state index contributed by atoms with van der Waals surface area (Å²) in [5.41, 5.74) is 2.30. The van der Waals surface area contributed by atoms with Crippen LogP contribution in [0, 0.1) is 0 Å². The summed E-state index contributed by atoms with van der Waals surface area (Å²) >= 11 is 0. The summed E-state index contributed by atoms with van der Waals surface area (Å²) in [7, 11) is 1.96. The van der Waals surface area contributed by atoms with Crippen molar-refractivity contribution in [3.8, 4) is 0 Å². The summed E-state index contributed by atoms with van der Waals surface area (Å²) in [5.74, 6) is 0. The molecule has 1 N–H and O–H groups in total. The number of fused-ring (bicyclic) bond motifs is 1. The van der Waals surface area contributed by atoms with Gasteiger partial charge in [-0.3, -0.25) is 9.88 Å². The van der Waals surface area contributed by atoms with Gasteiger partial charge in [0.15, 0.2) is 0 Å². The predicted octanol–water partition coefficient (Wildman–Crippen LogP) is 1.55. The molecule has 1 aromatic rings. The molecule has 4 nitrogen and oxygen atoms in total. The second kappa shape index (κ2) is 5.99. The number of morpholine rings is 1. The maximum Gasteiger partial charge on any atom is 0.0731 e. The van der Waals surface area contributed by atoms with E-state index in [0.29, 0.717) is 12.1 Å². The molecule has 0 radical (unpaired) electrons. The first kappa shape index (κ1) is 13.0. The van der Waals surface area contributed by atoms with Gasteiger partial charge in [0.25, 0.3) is 0 Å². The minimum atomic E-state index is 0.467. The lowest BCUT2D eigenvalue weighted by Gasteiger charge is -2.37. The van der Waals surface area contributed by atoms with Crippen LogP contribution in [0.4, 0.5) is 0 Å². The van der Waals surface area contributed by atoms with Gasteiger partial charge in [0.2, 0.25) is 0 Å². The fourth-order valence-corrected chi connectivity index (χ4v) is 3.31. The SMILES string of the molecule is CNCc1cccc(CN2CCOC3CCCC32)n1. The Morgan fingerprint density at radius 1 is 1.37 bits per heavy atom. The van der Waals surface area contributed by atoms with Gasteiger partial charge in [0.1, 0.15) is 0 Å². The van der Waals surface area contributed by atoms with Gasteiger partial charge < -0.3 is 10.1 Å². The molecule has 1 aliphatic heterocycles. The zero-order chi connectivity index (χ0) is 13.1. The number of nitrogens with one attached hydrogen (secondary N) is 1. The molecule has 1 aromatic heterocycles. The Balaban J connectivity index is 1.68. The van der Waals surface area contributed by atoms with Crippen LogP contribution in [0.25, 0.3) is 0 Å². The molecular weight excluding hydrogens is 238 g/mol. The van der Waals surface area contributed by atoms with Crippen molar-refractivity contribution >= 4 is 0 Å². The van der Waals surface area contributed by atoms with Crippen LogP contribution in [0.2, 0.25) is 0 Å². The molecule has 4 heteroatoms. The molecule has 2 heterocycles. The molecule has 2 aliphatic rings. The van der Waals surface area contributed by atoms with E-state index in [0.717, 1.165) is 31.9 Å². The van der Waals surface area contributed by atoms with Gasteiger partial charge in [-0.2, -0.15) is 0 Å². The number of ether oxygens (including phenoxy) is 1. The first-order valence-corrected chi connectivity index (χ1v) is 7.32. The van der Waals surface area contributed by atoms with Gasteiger partial charge in [0.05, 0.1) is 24.1 Å². The van der Waals surface area contributed by atoms with Crippen molar-refractivity contribution < 1.29 is 4.74 Å². The second-order valence-corrected chi connectivity index (χ2v) is 5.53. The van der Waals surface area contributed by atoms with Crippen LogP contribution in [0.15, 0.2) is 18.2 Å². The Hall–Kier alpha value is -0.970. The monoisotopic (exact) mass is 261 g/mol. The summed E-state index contributed by atoms with van der Waals surface area (Å²) in [5, 5.41) is 3.16. The minimum Gasteiger partial charge on any atom is -0.375 e. The second-order valence-electron chi connectivity index (χ2n) is 5.53. The number of rotatable bonds is 4. The Bertz CT molecular complexity index is 424. The number of hydrogen-bond donors (Lipinski definition) is 1. The average molecular weight is 261 g/mol. The van der Waals surface area contributed by atoms with Crippen molar-refractivity contribution in [1.82, 2.24) is 15.2 Å². The van der Waals surface area contributed by atoms with Crippen molar-refractivity contribution in [2.24, 2.45) is 0 Å². The van der Waals surface area contributed by atoms with Crippen LogP contribution in [-0.2, 0) is 17.8 Å². The third-order valence-corrected chi connectivity index (χ3v) is 4.18. The molecule has 0 aromatic carbocycles. The third-order valence-electron chi connectivity index (χ3n) is 4.18. The topological polar surface area (TPSA) is 37.4 Å². The summed E-state index contributed by atoms with van der Waals surface area (Å²) in [6.07, 6.45) is 4.28. The fraction of sp³-hybridized carbons (Fsp3) is 0.667. The smallest absolute Gasteiger partial charge is 0.0731 e. The van der Waals surface area contributed by atoms with Gasteiger partial charge in [-0.05, 0) is 38.4 Å². The molecule has 1 aliphatic carbocycles. The molecule has 3 rings (SSSR count). The highest BCUT2D eigenvalue weighted by atomic mass is 16.5. The van der Waals surface area contributed by atoms with Crippen LogP contribution in [0.5, 0.6) is 0 Å². The van der Waals surface area contributed by atoms with E-state index in [9.17, 15) is 0 Å². The minimum absolute atomic E-state index is 0.467. The van der Waals surface area contributed by atoms with E-state index in [2.05, 4.69) is 28.4 Å². The number of hydrogen-bond acceptors (Lipinski definition) is 4. The first-order valence-electron chi connectivity index (χ1n) is 7.32. The van der Waals surface area contributed by atoms with E-state index < -0.39 is 0 Å². The van der Waals surface area contributed by atoms with Gasteiger partial charge in [-0.25, -0.2) is 0 Å². The quantitative estimate of drug-likeness (QED) is 0.892. The predicted molar refractivity (Wildman–Crippen MR) is 74.8 cm³/mol. The van der Waals surface area contributed by atoms with E-state index in [-0.39, 0.29) is 0 Å². The number of nitrogens with zero attached hydrogens (tertiary/aromatic N) is 2. The highest BCUT2D eigenvalue weighted by Gasteiger charge is 2.35. The lowest BCUT2D eigenvalue weighted by Crippen LogP contribution is -2.48. The van der Waals surface area contributed by atoms with Crippen LogP contribution in [-0.4, -0.2) is 42.2 Å². The molecule has 2 fully saturated rings. The molecule has 104 valence electrons. The van der Waals surface area contributed by atoms with Crippen molar-refractivity contribution in [2.75, 3.05) is 20.2 Å². The normalized spacial score (nSPS) is 27.4. The molecule has 19 heavy (non-hydrogen) atoms. The fourth-order valence-electron chi connectivity index (χ4n) is 3.31. The van der Waals surface area contributed by atoms with Gasteiger partial charge in [-0.15, -0.1) is 0 Å². The molecule has 1 saturated carbocycles. The van der Waals surface area contributed by atoms with E-state index in [4.69, 9.17) is 9.72 Å². The zero-order valence-corrected chi connectivity index (χ0v) is 11.6. The van der Waals surface area contributed by atoms with Crippen molar-refractivity contribution in [3.05, 3.63) is 29.6 Å². The first-order chi connectivity index (χ1) is 9.36. The van der Waals surface area contributed by atoms with Crippen molar-refractivity contribution in [2.45, 2.75) is 44.5 Å². The summed E-state index contributed by atoms with van der Waals surface area (Å²) < 4.78 is 5.86. The van der Waals surface area contributed by atoms with Gasteiger partial charge in [0, 0.05) is 25.7 Å². The molecule has 2 unspecified atom stereocenters. The average Bonchev–Trinajstić information content (AvgIpc) is 2.89. The van der Waals surface area contributed by atoms with E-state index >= 15 is 0 Å². The largest absolute Gasteiger partial charge is 0.375 e. The van der Waals surface area contributed by atoms with Crippen LogP contribution in [0.3, 0.4) is 0 Å². The standard InChI is InChI=1S/C15H23N3O/c1-16-10-12-4-2-5-13(17-12)11-18-8-9-19-15-7-3-6-14(15)18/h2,4-5,14-16H,3,6-11H2,1H3. The highest BCUT2D eigenvalue weighted by molar-refractivity contribution is 5.11. The summed E-state index contributed by atoms with van der Waals surface area (Å²) in [4.78, 5) is 7.29. The molecular formula is C15H23N3O. The Labute approximate surface area is 115 Å². The molecule has 0 amide bonds. The van der Waals surface area contributed by atoms with E-state index in [1.165, 1.54) is 25.0 Å². The highest BCUT2D eigenvalue weighted by Crippen LogP contribution is 2.30. The molecule has 0 spiro atoms. The van der Waals surface area contributed by atoms with Crippen LogP contribution in [0.1, 0.15) is 30.7 Å². The Morgan fingerprint density at radius 3 is 3.16 bits per heavy atom. The summed E-state index contributed by atoms with van der Waals surface area (Å²) in [6, 6.07) is 6.95. The third kappa shape index (κ3) is 2.96. The maximum absolute atomic E-state index is 5.86. The van der Waals surface area contributed by atoms with Crippen LogP contribution >= 0.6 is 0 Å². The molecule has 1 saturated heterocycles. The lowest BCUT2D eigenvalue weighted by atomic mass is 10.1. The Kier molecular flexibility index (Phi) is 4.11. The zero-order valence-electron chi connectivity index (χ0n) is 11.6. The van der Waals surface area contributed by atoms with Gasteiger partial charge in [-0.1, -0.05) is 6.07 Å². The van der Waals surface area contributed by atoms with Gasteiger partial charge >= 0.3 is 0 Å². The lowest BCUT2D eigenvalue weighted by molar-refractivity contribution is -0.0592. The summed E-state index contributed by atoms with van der Waals surface area (Å²) in [6.45, 7) is 3.71. The van der Waals surface area contributed by atoms with Crippen molar-refractivity contribution in [3.63, 3.8) is 0 Å². The number of pyridine rings is 1. The van der Waals surface area contributed by atoms with Crippen LogP contribution < -0.4 is 5.32 Å².